The lowest BCUT2D eigenvalue weighted by Gasteiger charge is -2.30. The van der Waals surface area contributed by atoms with E-state index < -0.39 is 5.54 Å². The lowest BCUT2D eigenvalue weighted by Crippen LogP contribution is -2.53. The van der Waals surface area contributed by atoms with Gasteiger partial charge in [0.05, 0.1) is 18.6 Å². The van der Waals surface area contributed by atoms with E-state index in [-0.39, 0.29) is 12.0 Å². The van der Waals surface area contributed by atoms with Crippen LogP contribution < -0.4 is 5.32 Å². The van der Waals surface area contributed by atoms with Crippen LogP contribution in [0.5, 0.6) is 0 Å². The highest BCUT2D eigenvalue weighted by Gasteiger charge is 2.34. The van der Waals surface area contributed by atoms with Gasteiger partial charge in [0.25, 0.3) is 0 Å². The second-order valence-electron chi connectivity index (χ2n) is 6.06. The average Bonchev–Trinajstić information content (AvgIpc) is 2.70. The largest absolute Gasteiger partial charge is 0.465 e. The van der Waals surface area contributed by atoms with E-state index in [9.17, 15) is 4.79 Å². The quantitative estimate of drug-likeness (QED) is 0.749. The first-order valence-corrected chi connectivity index (χ1v) is 7.73. The maximum atomic E-state index is 12.2. The minimum atomic E-state index is -0.631. The topological polar surface area (TPSA) is 56.2 Å². The van der Waals surface area contributed by atoms with Crippen LogP contribution in [0, 0.1) is 13.8 Å². The monoisotopic (exact) mass is 295 g/mol. The molecule has 1 aromatic rings. The first-order chi connectivity index (χ1) is 9.80. The number of carbonyl (C=O) groups excluding carboxylic acids is 1. The van der Waals surface area contributed by atoms with Crippen molar-refractivity contribution in [1.29, 1.82) is 0 Å². The molecule has 1 N–H and O–H groups in total. The molecule has 1 atom stereocenters. The van der Waals surface area contributed by atoms with Gasteiger partial charge in [-0.15, -0.1) is 0 Å². The van der Waals surface area contributed by atoms with Gasteiger partial charge in [-0.25, -0.2) is 4.98 Å². The lowest BCUT2D eigenvalue weighted by atomic mass is 9.94. The number of ether oxygens (including phenoxy) is 1. The van der Waals surface area contributed by atoms with Crippen molar-refractivity contribution in [2.75, 3.05) is 6.61 Å². The zero-order valence-electron chi connectivity index (χ0n) is 14.2. The fraction of sp³-hybridized carbons (Fsp3) is 0.750. The summed E-state index contributed by atoms with van der Waals surface area (Å²) >= 11 is 0. The van der Waals surface area contributed by atoms with Gasteiger partial charge in [-0.1, -0.05) is 0 Å². The highest BCUT2D eigenvalue weighted by molar-refractivity contribution is 5.80. The second kappa shape index (κ2) is 7.59. The Morgan fingerprint density at radius 1 is 1.48 bits per heavy atom. The van der Waals surface area contributed by atoms with Gasteiger partial charge in [0.15, 0.2) is 0 Å². The number of aryl methyl sites for hydroxylation is 2. The van der Waals surface area contributed by atoms with Gasteiger partial charge < -0.3 is 9.30 Å². The van der Waals surface area contributed by atoms with Crippen LogP contribution in [0.1, 0.15) is 51.9 Å². The molecule has 1 unspecified atom stereocenters. The minimum Gasteiger partial charge on any atom is -0.465 e. The third-order valence-electron chi connectivity index (χ3n) is 3.75. The van der Waals surface area contributed by atoms with Crippen LogP contribution in [0.15, 0.2) is 6.33 Å². The fourth-order valence-electron chi connectivity index (χ4n) is 2.53. The summed E-state index contributed by atoms with van der Waals surface area (Å²) in [5.41, 5.74) is 1.61. The van der Waals surface area contributed by atoms with E-state index in [1.807, 2.05) is 40.9 Å². The number of carbonyl (C=O) groups is 1. The molecule has 0 fully saturated rings. The second-order valence-corrected chi connectivity index (χ2v) is 6.06. The van der Waals surface area contributed by atoms with E-state index in [0.29, 0.717) is 6.61 Å². The molecule has 1 aromatic heterocycles. The van der Waals surface area contributed by atoms with E-state index in [0.717, 1.165) is 25.1 Å². The molecule has 0 aliphatic carbocycles. The standard InChI is InChI=1S/C16H29N3O2/c1-7-21-15(20)16(6,18-12(2)3)9-8-10-19-11-17-13(4)14(19)5/h11-12,18H,7-10H2,1-6H3. The fourth-order valence-corrected chi connectivity index (χ4v) is 2.53. The number of nitrogens with zero attached hydrogens (tertiary/aromatic N) is 2. The van der Waals surface area contributed by atoms with Crippen molar-refractivity contribution in [3.8, 4) is 0 Å². The summed E-state index contributed by atoms with van der Waals surface area (Å²) in [5, 5.41) is 3.35. The van der Waals surface area contributed by atoms with E-state index >= 15 is 0 Å². The normalized spacial score (nSPS) is 14.2. The minimum absolute atomic E-state index is 0.169. The first kappa shape index (κ1) is 17.7. The molecule has 0 spiro atoms. The van der Waals surface area contributed by atoms with Gasteiger partial charge in [0, 0.05) is 18.3 Å². The summed E-state index contributed by atoms with van der Waals surface area (Å²) in [6.07, 6.45) is 3.49. The molecule has 120 valence electrons. The van der Waals surface area contributed by atoms with Crippen molar-refractivity contribution < 1.29 is 9.53 Å². The van der Waals surface area contributed by atoms with E-state index in [4.69, 9.17) is 4.74 Å². The number of imidazole rings is 1. The molecule has 0 saturated heterocycles. The van der Waals surface area contributed by atoms with Crippen LogP contribution in [0.3, 0.4) is 0 Å². The highest BCUT2D eigenvalue weighted by atomic mass is 16.5. The Hall–Kier alpha value is -1.36. The SMILES string of the molecule is CCOC(=O)C(C)(CCCn1cnc(C)c1C)NC(C)C. The van der Waals surface area contributed by atoms with Crippen molar-refractivity contribution in [3.05, 3.63) is 17.7 Å². The summed E-state index contributed by atoms with van der Waals surface area (Å²) < 4.78 is 7.35. The summed E-state index contributed by atoms with van der Waals surface area (Å²) in [5.74, 6) is -0.169. The van der Waals surface area contributed by atoms with Crippen molar-refractivity contribution >= 4 is 5.97 Å². The van der Waals surface area contributed by atoms with Gasteiger partial charge in [0.2, 0.25) is 0 Å². The van der Waals surface area contributed by atoms with Crippen LogP contribution in [-0.2, 0) is 16.1 Å². The van der Waals surface area contributed by atoms with Crippen LogP contribution in [0.2, 0.25) is 0 Å². The van der Waals surface area contributed by atoms with Crippen molar-refractivity contribution in [1.82, 2.24) is 14.9 Å². The molecule has 0 aromatic carbocycles. The molecule has 0 aliphatic heterocycles. The van der Waals surface area contributed by atoms with Crippen molar-refractivity contribution in [2.24, 2.45) is 0 Å². The number of esters is 1. The molecule has 0 amide bonds. The number of nitrogens with one attached hydrogen (secondary N) is 1. The predicted octanol–water partition coefficient (Wildman–Crippen LogP) is 2.60. The summed E-state index contributed by atoms with van der Waals surface area (Å²) in [4.78, 5) is 16.5. The number of rotatable bonds is 8. The van der Waals surface area contributed by atoms with Gasteiger partial charge in [0.1, 0.15) is 5.54 Å². The first-order valence-electron chi connectivity index (χ1n) is 7.73. The zero-order valence-corrected chi connectivity index (χ0v) is 14.2. The zero-order chi connectivity index (χ0) is 16.0. The van der Waals surface area contributed by atoms with Crippen molar-refractivity contribution in [3.63, 3.8) is 0 Å². The maximum Gasteiger partial charge on any atom is 0.326 e. The van der Waals surface area contributed by atoms with E-state index in [1.165, 1.54) is 5.69 Å². The van der Waals surface area contributed by atoms with Crippen LogP contribution in [-0.4, -0.2) is 33.7 Å². The Labute approximate surface area is 128 Å². The number of aromatic nitrogens is 2. The van der Waals surface area contributed by atoms with Gasteiger partial charge in [-0.05, 0) is 54.4 Å². The van der Waals surface area contributed by atoms with Gasteiger partial charge in [-0.2, -0.15) is 0 Å². The molecule has 5 heteroatoms. The van der Waals surface area contributed by atoms with E-state index in [2.05, 4.69) is 21.8 Å². The predicted molar refractivity (Wildman–Crippen MR) is 84.2 cm³/mol. The highest BCUT2D eigenvalue weighted by Crippen LogP contribution is 2.17. The number of hydrogen-bond acceptors (Lipinski definition) is 4. The molecular weight excluding hydrogens is 266 g/mol. The molecule has 0 saturated carbocycles. The molecule has 21 heavy (non-hydrogen) atoms. The molecule has 1 heterocycles. The smallest absolute Gasteiger partial charge is 0.326 e. The third kappa shape index (κ3) is 4.84. The molecular formula is C16H29N3O2. The number of hydrogen-bond donors (Lipinski definition) is 1. The molecule has 5 nitrogen and oxygen atoms in total. The van der Waals surface area contributed by atoms with Crippen LogP contribution >= 0.6 is 0 Å². The average molecular weight is 295 g/mol. The lowest BCUT2D eigenvalue weighted by molar-refractivity contribution is -0.151. The molecule has 0 radical (unpaired) electrons. The molecule has 0 aliphatic rings. The van der Waals surface area contributed by atoms with Gasteiger partial charge in [-0.3, -0.25) is 10.1 Å². The Kier molecular flexibility index (Phi) is 6.40. The Morgan fingerprint density at radius 2 is 2.14 bits per heavy atom. The van der Waals surface area contributed by atoms with Crippen LogP contribution in [0.25, 0.3) is 0 Å². The summed E-state index contributed by atoms with van der Waals surface area (Å²) in [6, 6.07) is 0.233. The van der Waals surface area contributed by atoms with E-state index in [1.54, 1.807) is 0 Å². The molecule has 0 bridgehead atoms. The molecule has 1 rings (SSSR count). The summed E-state index contributed by atoms with van der Waals surface area (Å²) in [7, 11) is 0. The Balaban J connectivity index is 2.65. The van der Waals surface area contributed by atoms with Crippen LogP contribution in [0.4, 0.5) is 0 Å². The summed E-state index contributed by atoms with van der Waals surface area (Å²) in [6.45, 7) is 13.2. The third-order valence-corrected chi connectivity index (χ3v) is 3.75. The Bertz CT molecular complexity index is 468. The Morgan fingerprint density at radius 3 is 2.62 bits per heavy atom. The van der Waals surface area contributed by atoms with Gasteiger partial charge >= 0.3 is 5.97 Å². The maximum absolute atomic E-state index is 12.2. The van der Waals surface area contributed by atoms with Crippen molar-refractivity contribution in [2.45, 2.75) is 72.5 Å².